The number of benzene rings is 1. The fraction of sp³-hybridized carbons (Fsp3) is 0.421. The van der Waals surface area contributed by atoms with Crippen LogP contribution in [0.3, 0.4) is 0 Å². The first-order valence-electron chi connectivity index (χ1n) is 9.10. The second kappa shape index (κ2) is 7.92. The summed E-state index contributed by atoms with van der Waals surface area (Å²) < 4.78 is 62.7. The van der Waals surface area contributed by atoms with E-state index in [4.69, 9.17) is 8.92 Å². The minimum absolute atomic E-state index is 0.0347. The molecule has 8 nitrogen and oxygen atoms in total. The van der Waals surface area contributed by atoms with Gasteiger partial charge in [-0.3, -0.25) is 4.79 Å². The van der Waals surface area contributed by atoms with Crippen molar-refractivity contribution >= 4 is 26.1 Å². The van der Waals surface area contributed by atoms with Crippen molar-refractivity contribution in [2.24, 2.45) is 5.92 Å². The third-order valence-corrected chi connectivity index (χ3v) is 10.1. The molecule has 1 saturated heterocycles. The molecule has 0 spiro atoms. The van der Waals surface area contributed by atoms with Crippen LogP contribution in [0.15, 0.2) is 48.6 Å². The Morgan fingerprint density at radius 2 is 1.83 bits per heavy atom. The van der Waals surface area contributed by atoms with Crippen molar-refractivity contribution in [1.29, 1.82) is 0 Å². The number of methoxy groups -OCH3 is 1. The van der Waals surface area contributed by atoms with Crippen LogP contribution in [-0.2, 0) is 29.7 Å². The first-order chi connectivity index (χ1) is 13.7. The maximum atomic E-state index is 13.6. The summed E-state index contributed by atoms with van der Waals surface area (Å²) in [5.74, 6) is -2.63. The molecular weight excluding hydrogens is 418 g/mol. The third kappa shape index (κ3) is 3.60. The highest BCUT2D eigenvalue weighted by Crippen LogP contribution is 2.42. The summed E-state index contributed by atoms with van der Waals surface area (Å²) >= 11 is 0. The quantitative estimate of drug-likeness (QED) is 0.489. The predicted molar refractivity (Wildman–Crippen MR) is 107 cm³/mol. The van der Waals surface area contributed by atoms with Crippen LogP contribution in [0.4, 0.5) is 0 Å². The zero-order chi connectivity index (χ0) is 21.3. The van der Waals surface area contributed by atoms with Crippen LogP contribution < -0.4 is 4.18 Å². The van der Waals surface area contributed by atoms with E-state index in [1.165, 1.54) is 30.4 Å². The number of ether oxygens (including phenoxy) is 1. The second-order valence-electron chi connectivity index (χ2n) is 6.93. The molecule has 29 heavy (non-hydrogen) atoms. The first kappa shape index (κ1) is 21.5. The molecule has 0 saturated carbocycles. The molecule has 1 fully saturated rings. The van der Waals surface area contributed by atoms with Gasteiger partial charge in [0, 0.05) is 13.1 Å². The summed E-state index contributed by atoms with van der Waals surface area (Å²) in [6.07, 6.45) is 6.16. The van der Waals surface area contributed by atoms with Gasteiger partial charge in [0.1, 0.15) is 11.7 Å². The van der Waals surface area contributed by atoms with E-state index < -0.39 is 36.1 Å². The van der Waals surface area contributed by atoms with Crippen molar-refractivity contribution < 1.29 is 30.6 Å². The Kier molecular flexibility index (Phi) is 5.88. The van der Waals surface area contributed by atoms with E-state index in [9.17, 15) is 21.6 Å². The zero-order valence-corrected chi connectivity index (χ0v) is 17.8. The Morgan fingerprint density at radius 3 is 2.45 bits per heavy atom. The lowest BCUT2D eigenvalue weighted by molar-refractivity contribution is -0.143. The van der Waals surface area contributed by atoms with Crippen LogP contribution in [0, 0.1) is 12.8 Å². The molecule has 1 aromatic rings. The van der Waals surface area contributed by atoms with Gasteiger partial charge in [0.15, 0.2) is 0 Å². The molecule has 2 atom stereocenters. The number of hydrogen-bond donors (Lipinski definition) is 0. The van der Waals surface area contributed by atoms with Gasteiger partial charge in [0.05, 0.1) is 7.11 Å². The van der Waals surface area contributed by atoms with Crippen LogP contribution in [-0.4, -0.2) is 51.4 Å². The van der Waals surface area contributed by atoms with Gasteiger partial charge in [0.2, 0.25) is 10.0 Å². The van der Waals surface area contributed by atoms with Gasteiger partial charge < -0.3 is 8.92 Å². The molecule has 2 unspecified atom stereocenters. The Balaban J connectivity index is 2.21. The van der Waals surface area contributed by atoms with Gasteiger partial charge in [-0.25, -0.2) is 12.7 Å². The Hall–Kier alpha value is -2.17. The summed E-state index contributed by atoms with van der Waals surface area (Å²) in [6.45, 7) is 2.10. The highest BCUT2D eigenvalue weighted by atomic mass is 32.3. The smallest absolute Gasteiger partial charge is 0.336 e. The van der Waals surface area contributed by atoms with Crippen molar-refractivity contribution in [3.63, 3.8) is 0 Å². The lowest BCUT2D eigenvalue weighted by Gasteiger charge is -2.37. The van der Waals surface area contributed by atoms with Crippen molar-refractivity contribution in [2.75, 3.05) is 20.2 Å². The highest BCUT2D eigenvalue weighted by Gasteiger charge is 2.65. The molecule has 0 bridgehead atoms. The molecule has 0 amide bonds. The van der Waals surface area contributed by atoms with E-state index in [1.54, 1.807) is 19.1 Å². The van der Waals surface area contributed by atoms with Gasteiger partial charge in [-0.2, -0.15) is 8.42 Å². The predicted octanol–water partition coefficient (Wildman–Crippen LogP) is 1.74. The molecular formula is C19H23NO7S2. The maximum Gasteiger partial charge on any atom is 0.336 e. The molecule has 3 rings (SSSR count). The topological polar surface area (TPSA) is 107 Å². The molecule has 2 aliphatic rings. The van der Waals surface area contributed by atoms with Crippen molar-refractivity contribution in [3.8, 4) is 5.75 Å². The molecule has 0 N–H and O–H groups in total. The van der Waals surface area contributed by atoms with E-state index in [-0.39, 0.29) is 18.8 Å². The third-order valence-electron chi connectivity index (χ3n) is 5.03. The molecule has 158 valence electrons. The average Bonchev–Trinajstić information content (AvgIpc) is 3.22. The first-order valence-corrected chi connectivity index (χ1v) is 11.9. The monoisotopic (exact) mass is 441 g/mol. The summed E-state index contributed by atoms with van der Waals surface area (Å²) in [5, 5.41) is 0. The average molecular weight is 442 g/mol. The minimum Gasteiger partial charge on any atom is -0.468 e. The second-order valence-corrected chi connectivity index (χ2v) is 11.1. The van der Waals surface area contributed by atoms with Crippen molar-refractivity contribution in [3.05, 3.63) is 54.1 Å². The molecule has 1 aromatic carbocycles. The lowest BCUT2D eigenvalue weighted by atomic mass is 10.00. The van der Waals surface area contributed by atoms with Crippen molar-refractivity contribution in [2.45, 2.75) is 23.8 Å². The minimum atomic E-state index is -4.88. The Morgan fingerprint density at radius 1 is 1.14 bits per heavy atom. The van der Waals surface area contributed by atoms with Crippen LogP contribution in [0.2, 0.25) is 0 Å². The van der Waals surface area contributed by atoms with E-state index in [0.717, 1.165) is 23.1 Å². The van der Waals surface area contributed by atoms with Gasteiger partial charge in [-0.15, -0.1) is 0 Å². The number of sulfonamides is 1. The summed E-state index contributed by atoms with van der Waals surface area (Å²) in [6, 6.07) is 6.23. The summed E-state index contributed by atoms with van der Waals surface area (Å²) in [5.41, 5.74) is 0.734. The molecule has 1 aliphatic carbocycles. The number of hydrogen-bond acceptors (Lipinski definition) is 7. The van der Waals surface area contributed by atoms with Gasteiger partial charge in [-0.05, 0) is 43.5 Å². The number of carbonyl (C=O) groups is 1. The zero-order valence-electron chi connectivity index (χ0n) is 16.1. The normalized spacial score (nSPS) is 25.1. The lowest BCUT2D eigenvalue weighted by Crippen LogP contribution is -2.59. The Labute approximate surface area is 171 Å². The van der Waals surface area contributed by atoms with Gasteiger partial charge >= 0.3 is 16.1 Å². The van der Waals surface area contributed by atoms with E-state index in [2.05, 4.69) is 0 Å². The summed E-state index contributed by atoms with van der Waals surface area (Å²) in [4.78, 5) is 12.5. The molecule has 1 heterocycles. The number of rotatable bonds is 6. The molecule has 1 aliphatic heterocycles. The largest absolute Gasteiger partial charge is 0.468 e. The van der Waals surface area contributed by atoms with Crippen LogP contribution in [0.25, 0.3) is 0 Å². The van der Waals surface area contributed by atoms with E-state index in [0.29, 0.717) is 12.8 Å². The molecule has 0 radical (unpaired) electrons. The van der Waals surface area contributed by atoms with Crippen LogP contribution >= 0.6 is 0 Å². The molecule has 10 heteroatoms. The number of nitrogens with zero attached hydrogens (tertiary/aromatic N) is 1. The fourth-order valence-corrected chi connectivity index (χ4v) is 8.13. The number of esters is 1. The SMILES string of the molecule is COC(=O)C1C=CC=CC1(S(=O)(=O)Oc1cccc(C)c1)S(=O)(=O)N1CCCC1. The number of allylic oxidation sites excluding steroid dienone is 2. The van der Waals surface area contributed by atoms with E-state index in [1.807, 2.05) is 0 Å². The molecule has 0 aromatic heterocycles. The number of carbonyl (C=O) groups excluding carboxylic acids is 1. The summed E-state index contributed by atoms with van der Waals surface area (Å²) in [7, 11) is -8.34. The highest BCUT2D eigenvalue weighted by molar-refractivity contribution is 8.07. The Bertz CT molecular complexity index is 1050. The maximum absolute atomic E-state index is 13.6. The van der Waals surface area contributed by atoms with Gasteiger partial charge in [0.25, 0.3) is 4.08 Å². The fourth-order valence-electron chi connectivity index (χ4n) is 3.58. The van der Waals surface area contributed by atoms with Crippen LogP contribution in [0.1, 0.15) is 18.4 Å². The number of aryl methyl sites for hydroxylation is 1. The van der Waals surface area contributed by atoms with Gasteiger partial charge in [-0.1, -0.05) is 30.4 Å². The van der Waals surface area contributed by atoms with E-state index >= 15 is 0 Å². The van der Waals surface area contributed by atoms with Crippen molar-refractivity contribution in [1.82, 2.24) is 4.31 Å². The van der Waals surface area contributed by atoms with Crippen LogP contribution in [0.5, 0.6) is 5.75 Å². The standard InChI is InChI=1S/C19H23NO7S2/c1-15-8-7-9-16(14-15)27-29(24,25)19(28(22,23)20-12-5-6-13-20)11-4-3-10-17(19)18(21)26-2/h3-4,7-11,14,17H,5-6,12-13H2,1-2H3.